The van der Waals surface area contributed by atoms with Crippen LogP contribution >= 0.6 is 0 Å². The van der Waals surface area contributed by atoms with Gasteiger partial charge in [-0.1, -0.05) is 5.16 Å². The minimum Gasteiger partial charge on any atom is -0.332 e. The van der Waals surface area contributed by atoms with Gasteiger partial charge in [-0.3, -0.25) is 4.68 Å². The van der Waals surface area contributed by atoms with Crippen LogP contribution in [0, 0.1) is 6.92 Å². The number of aryl methyl sites for hydroxylation is 2. The topological polar surface area (TPSA) is 68.8 Å². The Morgan fingerprint density at radius 3 is 2.94 bits per heavy atom. The molecule has 2 heterocycles. The third-order valence-electron chi connectivity index (χ3n) is 2.29. The minimum absolute atomic E-state index is 0.522. The van der Waals surface area contributed by atoms with E-state index in [0.717, 1.165) is 24.4 Å². The minimum atomic E-state index is 0.522. The van der Waals surface area contributed by atoms with E-state index in [1.807, 2.05) is 27.1 Å². The summed E-state index contributed by atoms with van der Waals surface area (Å²) in [5.41, 5.74) is 1.79. The normalized spacial score (nSPS) is 10.9. The molecule has 0 aliphatic carbocycles. The molecular weight excluding hydrogens is 206 g/mol. The Morgan fingerprint density at radius 1 is 1.50 bits per heavy atom. The van der Waals surface area contributed by atoms with Crippen LogP contribution in [-0.4, -0.2) is 33.5 Å². The third-order valence-corrected chi connectivity index (χ3v) is 2.29. The summed E-state index contributed by atoms with van der Waals surface area (Å²) in [7, 11) is 3.76. The SMILES string of the molecule is CNCCc1noc(-c2cc(C)nn2C)n1. The number of aromatic nitrogens is 4. The second-order valence-electron chi connectivity index (χ2n) is 3.66. The molecule has 16 heavy (non-hydrogen) atoms. The monoisotopic (exact) mass is 221 g/mol. The Bertz CT molecular complexity index is 473. The highest BCUT2D eigenvalue weighted by Crippen LogP contribution is 2.17. The second-order valence-corrected chi connectivity index (χ2v) is 3.66. The Balaban J connectivity index is 2.21. The third kappa shape index (κ3) is 2.11. The van der Waals surface area contributed by atoms with Crippen molar-refractivity contribution in [2.24, 2.45) is 7.05 Å². The Hall–Kier alpha value is -1.69. The maximum absolute atomic E-state index is 5.19. The average Bonchev–Trinajstić information content (AvgIpc) is 2.82. The highest BCUT2D eigenvalue weighted by atomic mass is 16.5. The summed E-state index contributed by atoms with van der Waals surface area (Å²) in [5, 5.41) is 11.2. The highest BCUT2D eigenvalue weighted by Gasteiger charge is 2.12. The Kier molecular flexibility index (Phi) is 3.00. The summed E-state index contributed by atoms with van der Waals surface area (Å²) in [4.78, 5) is 4.31. The fraction of sp³-hybridized carbons (Fsp3) is 0.500. The largest absolute Gasteiger partial charge is 0.332 e. The van der Waals surface area contributed by atoms with E-state index in [2.05, 4.69) is 20.6 Å². The molecule has 86 valence electrons. The molecule has 2 aromatic rings. The summed E-state index contributed by atoms with van der Waals surface area (Å²) in [5.74, 6) is 1.23. The molecule has 0 atom stereocenters. The lowest BCUT2D eigenvalue weighted by Crippen LogP contribution is -2.11. The van der Waals surface area contributed by atoms with Gasteiger partial charge in [0.25, 0.3) is 5.89 Å². The molecule has 0 spiro atoms. The summed E-state index contributed by atoms with van der Waals surface area (Å²) in [6, 6.07) is 1.93. The Labute approximate surface area is 93.7 Å². The second kappa shape index (κ2) is 4.44. The number of hydrogen-bond acceptors (Lipinski definition) is 5. The van der Waals surface area contributed by atoms with Crippen LogP contribution in [0.5, 0.6) is 0 Å². The molecule has 6 heteroatoms. The van der Waals surface area contributed by atoms with Gasteiger partial charge in [-0.25, -0.2) is 0 Å². The molecule has 0 unspecified atom stereocenters. The first-order valence-electron chi connectivity index (χ1n) is 5.19. The van der Waals surface area contributed by atoms with Crippen molar-refractivity contribution in [2.45, 2.75) is 13.3 Å². The predicted molar refractivity (Wildman–Crippen MR) is 58.9 cm³/mol. The summed E-state index contributed by atoms with van der Waals surface area (Å²) in [6.45, 7) is 2.77. The highest BCUT2D eigenvalue weighted by molar-refractivity contribution is 5.47. The maximum atomic E-state index is 5.19. The number of nitrogens with one attached hydrogen (secondary N) is 1. The van der Waals surface area contributed by atoms with Gasteiger partial charge in [-0.2, -0.15) is 10.1 Å². The molecule has 0 saturated heterocycles. The summed E-state index contributed by atoms with van der Waals surface area (Å²) < 4.78 is 6.93. The molecule has 2 rings (SSSR count). The van der Waals surface area contributed by atoms with Crippen LogP contribution in [0.1, 0.15) is 11.5 Å². The van der Waals surface area contributed by atoms with Gasteiger partial charge in [0.15, 0.2) is 5.82 Å². The van der Waals surface area contributed by atoms with Crippen LogP contribution < -0.4 is 5.32 Å². The van der Waals surface area contributed by atoms with Gasteiger partial charge < -0.3 is 9.84 Å². The molecule has 0 aliphatic rings. The van der Waals surface area contributed by atoms with Crippen LogP contribution in [0.4, 0.5) is 0 Å². The molecular formula is C10H15N5O. The van der Waals surface area contributed by atoms with Crippen molar-refractivity contribution in [3.8, 4) is 11.6 Å². The van der Waals surface area contributed by atoms with Crippen LogP contribution in [-0.2, 0) is 13.5 Å². The van der Waals surface area contributed by atoms with E-state index in [1.54, 1.807) is 4.68 Å². The van der Waals surface area contributed by atoms with Gasteiger partial charge in [-0.15, -0.1) is 0 Å². The summed E-state index contributed by atoms with van der Waals surface area (Å²) in [6.07, 6.45) is 0.761. The van der Waals surface area contributed by atoms with Gasteiger partial charge in [0.05, 0.1) is 5.69 Å². The lowest BCUT2D eigenvalue weighted by atomic mass is 10.3. The molecule has 2 aromatic heterocycles. The maximum Gasteiger partial charge on any atom is 0.276 e. The lowest BCUT2D eigenvalue weighted by molar-refractivity contribution is 0.419. The van der Waals surface area contributed by atoms with E-state index < -0.39 is 0 Å². The zero-order valence-electron chi connectivity index (χ0n) is 9.69. The van der Waals surface area contributed by atoms with Gasteiger partial charge in [0.2, 0.25) is 0 Å². The van der Waals surface area contributed by atoms with Crippen molar-refractivity contribution < 1.29 is 4.52 Å². The predicted octanol–water partition coefficient (Wildman–Crippen LogP) is 0.540. The molecule has 0 fully saturated rings. The van der Waals surface area contributed by atoms with Crippen molar-refractivity contribution in [1.82, 2.24) is 25.2 Å². The quantitative estimate of drug-likeness (QED) is 0.816. The first-order valence-corrected chi connectivity index (χ1v) is 5.19. The van der Waals surface area contributed by atoms with E-state index in [-0.39, 0.29) is 0 Å². The van der Waals surface area contributed by atoms with Crippen LogP contribution in [0.15, 0.2) is 10.6 Å². The average molecular weight is 221 g/mol. The first-order chi connectivity index (χ1) is 7.70. The van der Waals surface area contributed by atoms with Crippen LogP contribution in [0.3, 0.4) is 0 Å². The zero-order chi connectivity index (χ0) is 11.5. The standard InChI is InChI=1S/C10H15N5O/c1-7-6-8(15(3)13-7)10-12-9(14-16-10)4-5-11-2/h6,11H,4-5H2,1-3H3. The molecule has 0 bridgehead atoms. The molecule has 0 radical (unpaired) electrons. The van der Waals surface area contributed by atoms with E-state index in [0.29, 0.717) is 11.7 Å². The summed E-state index contributed by atoms with van der Waals surface area (Å²) >= 11 is 0. The van der Waals surface area contributed by atoms with Gasteiger partial charge in [0, 0.05) is 20.0 Å². The molecule has 6 nitrogen and oxygen atoms in total. The van der Waals surface area contributed by atoms with E-state index in [4.69, 9.17) is 4.52 Å². The van der Waals surface area contributed by atoms with Gasteiger partial charge in [0.1, 0.15) is 5.69 Å². The molecule has 1 N–H and O–H groups in total. The number of likely N-dealkylation sites (N-methyl/N-ethyl adjacent to an activating group) is 1. The smallest absolute Gasteiger partial charge is 0.276 e. The van der Waals surface area contributed by atoms with Crippen molar-refractivity contribution in [3.05, 3.63) is 17.6 Å². The van der Waals surface area contributed by atoms with E-state index in [1.165, 1.54) is 0 Å². The fourth-order valence-electron chi connectivity index (χ4n) is 1.51. The van der Waals surface area contributed by atoms with E-state index >= 15 is 0 Å². The van der Waals surface area contributed by atoms with Crippen molar-refractivity contribution in [1.29, 1.82) is 0 Å². The van der Waals surface area contributed by atoms with Crippen molar-refractivity contribution >= 4 is 0 Å². The molecule has 0 aliphatic heterocycles. The number of hydrogen-bond donors (Lipinski definition) is 1. The lowest BCUT2D eigenvalue weighted by Gasteiger charge is -1.93. The van der Waals surface area contributed by atoms with E-state index in [9.17, 15) is 0 Å². The van der Waals surface area contributed by atoms with Gasteiger partial charge in [-0.05, 0) is 20.0 Å². The van der Waals surface area contributed by atoms with Crippen molar-refractivity contribution in [2.75, 3.05) is 13.6 Å². The zero-order valence-corrected chi connectivity index (χ0v) is 9.69. The van der Waals surface area contributed by atoms with Gasteiger partial charge >= 0.3 is 0 Å². The molecule has 0 amide bonds. The number of rotatable bonds is 4. The van der Waals surface area contributed by atoms with Crippen molar-refractivity contribution in [3.63, 3.8) is 0 Å². The first kappa shape index (κ1) is 10.8. The fourth-order valence-corrected chi connectivity index (χ4v) is 1.51. The molecule has 0 aromatic carbocycles. The van der Waals surface area contributed by atoms with Crippen LogP contribution in [0.2, 0.25) is 0 Å². The van der Waals surface area contributed by atoms with Crippen LogP contribution in [0.25, 0.3) is 11.6 Å². The Morgan fingerprint density at radius 2 is 2.31 bits per heavy atom. The number of nitrogens with zero attached hydrogens (tertiary/aromatic N) is 4. The molecule has 0 saturated carbocycles.